The van der Waals surface area contributed by atoms with Crippen molar-refractivity contribution in [3.05, 3.63) is 27.7 Å². The molecule has 1 rings (SSSR count). The first-order valence-corrected chi connectivity index (χ1v) is 5.53. The van der Waals surface area contributed by atoms with Crippen molar-refractivity contribution in [2.75, 3.05) is 14.2 Å². The third-order valence-corrected chi connectivity index (χ3v) is 2.96. The molecule has 1 N–H and O–H groups in total. The molecule has 0 amide bonds. The highest BCUT2D eigenvalue weighted by atomic mass is 79.9. The van der Waals surface area contributed by atoms with Crippen molar-refractivity contribution in [1.29, 1.82) is 10.5 Å². The molecule has 0 radical (unpaired) electrons. The Morgan fingerprint density at radius 3 is 1.94 bits per heavy atom. The molecule has 1 aromatic carbocycles. The number of aliphatic hydroxyl groups excluding tert-OH is 1. The molecule has 0 saturated heterocycles. The van der Waals surface area contributed by atoms with E-state index in [2.05, 4.69) is 15.9 Å². The Labute approximate surface area is 113 Å². The Balaban J connectivity index is 3.50. The van der Waals surface area contributed by atoms with E-state index in [1.54, 1.807) is 12.1 Å². The van der Waals surface area contributed by atoms with E-state index >= 15 is 0 Å². The van der Waals surface area contributed by atoms with Crippen molar-refractivity contribution in [3.63, 3.8) is 0 Å². The molecule has 0 heterocycles. The van der Waals surface area contributed by atoms with Crippen LogP contribution in [-0.2, 0) is 0 Å². The van der Waals surface area contributed by atoms with E-state index in [0.717, 1.165) is 0 Å². The van der Waals surface area contributed by atoms with E-state index in [1.165, 1.54) is 26.4 Å². The largest absolute Gasteiger partial charge is 0.505 e. The number of halogens is 1. The number of allylic oxidation sites excluding steroid dienone is 1. The average Bonchev–Trinajstić information content (AvgIpc) is 2.40. The molecule has 0 aliphatic rings. The third-order valence-electron chi connectivity index (χ3n) is 2.18. The number of rotatable bonds is 3. The fourth-order valence-corrected chi connectivity index (χ4v) is 1.83. The van der Waals surface area contributed by atoms with Crippen molar-refractivity contribution in [3.8, 4) is 23.6 Å². The molecule has 1 aromatic rings. The van der Waals surface area contributed by atoms with Gasteiger partial charge >= 0.3 is 0 Å². The Kier molecular flexibility index (Phi) is 4.59. The van der Waals surface area contributed by atoms with Crippen LogP contribution >= 0.6 is 15.9 Å². The lowest BCUT2D eigenvalue weighted by Gasteiger charge is -2.11. The van der Waals surface area contributed by atoms with Crippen molar-refractivity contribution in [2.24, 2.45) is 0 Å². The molecule has 0 aliphatic carbocycles. The second-order valence-electron chi connectivity index (χ2n) is 3.14. The molecule has 18 heavy (non-hydrogen) atoms. The SMILES string of the molecule is COc1cc(C(O)=C(C#N)C#N)cc(OC)c1Br. The van der Waals surface area contributed by atoms with Gasteiger partial charge in [-0.2, -0.15) is 10.5 Å². The highest BCUT2D eigenvalue weighted by Crippen LogP contribution is 2.37. The quantitative estimate of drug-likeness (QED) is 0.685. The van der Waals surface area contributed by atoms with Gasteiger partial charge in [-0.1, -0.05) is 0 Å². The second kappa shape index (κ2) is 5.95. The minimum absolute atomic E-state index is 0.269. The van der Waals surface area contributed by atoms with E-state index in [0.29, 0.717) is 16.0 Å². The normalized spacial score (nSPS) is 8.94. The van der Waals surface area contributed by atoms with E-state index in [1.807, 2.05) is 0 Å². The summed E-state index contributed by atoms with van der Waals surface area (Å²) in [4.78, 5) is 0. The highest BCUT2D eigenvalue weighted by Gasteiger charge is 2.14. The van der Waals surface area contributed by atoms with Gasteiger partial charge in [0.1, 0.15) is 28.1 Å². The summed E-state index contributed by atoms with van der Waals surface area (Å²) < 4.78 is 10.8. The van der Waals surface area contributed by atoms with Gasteiger partial charge < -0.3 is 14.6 Å². The lowest BCUT2D eigenvalue weighted by Crippen LogP contribution is -1.94. The van der Waals surface area contributed by atoms with Crippen LogP contribution in [0.25, 0.3) is 5.76 Å². The van der Waals surface area contributed by atoms with E-state index in [4.69, 9.17) is 20.0 Å². The first-order chi connectivity index (χ1) is 8.58. The van der Waals surface area contributed by atoms with Gasteiger partial charge in [-0.3, -0.25) is 0 Å². The van der Waals surface area contributed by atoms with Crippen LogP contribution in [0.15, 0.2) is 22.2 Å². The maximum absolute atomic E-state index is 9.82. The fourth-order valence-electron chi connectivity index (χ4n) is 1.28. The molecule has 5 nitrogen and oxygen atoms in total. The molecule has 0 spiro atoms. The smallest absolute Gasteiger partial charge is 0.171 e. The van der Waals surface area contributed by atoms with Crippen LogP contribution < -0.4 is 9.47 Å². The minimum Gasteiger partial charge on any atom is -0.505 e. The summed E-state index contributed by atoms with van der Waals surface area (Å²) in [7, 11) is 2.92. The highest BCUT2D eigenvalue weighted by molar-refractivity contribution is 9.10. The monoisotopic (exact) mass is 308 g/mol. The predicted octanol–water partition coefficient (Wildman–Crippen LogP) is 2.78. The number of methoxy groups -OCH3 is 2. The van der Waals surface area contributed by atoms with Gasteiger partial charge in [0.25, 0.3) is 0 Å². The zero-order valence-electron chi connectivity index (χ0n) is 9.69. The van der Waals surface area contributed by atoms with Crippen molar-refractivity contribution >= 4 is 21.7 Å². The zero-order valence-corrected chi connectivity index (χ0v) is 11.3. The molecular weight excluding hydrogens is 300 g/mol. The molecule has 0 bridgehead atoms. The third kappa shape index (κ3) is 2.55. The summed E-state index contributed by atoms with van der Waals surface area (Å²) >= 11 is 3.28. The van der Waals surface area contributed by atoms with Gasteiger partial charge in [0.05, 0.1) is 14.2 Å². The number of ether oxygens (including phenoxy) is 2. The number of nitriles is 2. The van der Waals surface area contributed by atoms with E-state index in [9.17, 15) is 5.11 Å². The Bertz CT molecular complexity index is 541. The summed E-state index contributed by atoms with van der Waals surface area (Å²) in [5, 5.41) is 27.2. The molecule has 0 aromatic heterocycles. The number of aliphatic hydroxyl groups is 1. The molecular formula is C12H9BrN2O3. The van der Waals surface area contributed by atoms with Crippen LogP contribution in [0.4, 0.5) is 0 Å². The van der Waals surface area contributed by atoms with Crippen LogP contribution in [0.2, 0.25) is 0 Å². The molecule has 0 atom stereocenters. The van der Waals surface area contributed by atoms with Gasteiger partial charge in [0, 0.05) is 5.56 Å². The van der Waals surface area contributed by atoms with Gasteiger partial charge in [0.15, 0.2) is 11.3 Å². The predicted molar refractivity (Wildman–Crippen MR) is 68.0 cm³/mol. The number of nitrogens with zero attached hydrogens (tertiary/aromatic N) is 2. The van der Waals surface area contributed by atoms with Crippen molar-refractivity contribution in [2.45, 2.75) is 0 Å². The summed E-state index contributed by atoms with van der Waals surface area (Å²) in [5.74, 6) is 0.432. The number of hydrogen-bond acceptors (Lipinski definition) is 5. The van der Waals surface area contributed by atoms with Crippen LogP contribution in [-0.4, -0.2) is 19.3 Å². The lowest BCUT2D eigenvalue weighted by atomic mass is 10.1. The summed E-state index contributed by atoms with van der Waals surface area (Å²) in [6, 6.07) is 6.22. The molecule has 6 heteroatoms. The maximum atomic E-state index is 9.82. The Morgan fingerprint density at radius 2 is 1.61 bits per heavy atom. The Hall–Kier alpha value is -2.18. The Morgan fingerprint density at radius 1 is 1.17 bits per heavy atom. The van der Waals surface area contributed by atoms with E-state index < -0.39 is 5.76 Å². The van der Waals surface area contributed by atoms with Crippen LogP contribution in [0.1, 0.15) is 5.56 Å². The first kappa shape index (κ1) is 13.9. The topological polar surface area (TPSA) is 86.3 Å². The van der Waals surface area contributed by atoms with Gasteiger partial charge in [-0.15, -0.1) is 0 Å². The zero-order chi connectivity index (χ0) is 13.7. The van der Waals surface area contributed by atoms with Crippen molar-refractivity contribution < 1.29 is 14.6 Å². The number of hydrogen-bond donors (Lipinski definition) is 1. The van der Waals surface area contributed by atoms with E-state index in [-0.39, 0.29) is 11.1 Å². The summed E-state index contributed by atoms with van der Waals surface area (Å²) in [6.45, 7) is 0. The lowest BCUT2D eigenvalue weighted by molar-refractivity contribution is 0.388. The minimum atomic E-state index is -0.413. The fraction of sp³-hybridized carbons (Fsp3) is 0.167. The van der Waals surface area contributed by atoms with Gasteiger partial charge in [0.2, 0.25) is 0 Å². The number of benzene rings is 1. The molecule has 92 valence electrons. The molecule has 0 fully saturated rings. The van der Waals surface area contributed by atoms with Gasteiger partial charge in [-0.25, -0.2) is 0 Å². The maximum Gasteiger partial charge on any atom is 0.171 e. The summed E-state index contributed by atoms with van der Waals surface area (Å²) in [5.41, 5.74) is -0.105. The summed E-state index contributed by atoms with van der Waals surface area (Å²) in [6.07, 6.45) is 0. The van der Waals surface area contributed by atoms with Crippen LogP contribution in [0, 0.1) is 22.7 Å². The van der Waals surface area contributed by atoms with Crippen LogP contribution in [0.5, 0.6) is 11.5 Å². The molecule has 0 aliphatic heterocycles. The average molecular weight is 309 g/mol. The molecule has 0 saturated carbocycles. The second-order valence-corrected chi connectivity index (χ2v) is 3.93. The molecule has 0 unspecified atom stereocenters. The van der Waals surface area contributed by atoms with Crippen molar-refractivity contribution in [1.82, 2.24) is 0 Å². The first-order valence-electron chi connectivity index (χ1n) is 4.74. The standard InChI is InChI=1S/C12H9BrN2O3/c1-17-9-3-7(4-10(18-2)11(9)13)12(16)8(5-14)6-15/h3-4,16H,1-2H3. The van der Waals surface area contributed by atoms with Crippen LogP contribution in [0.3, 0.4) is 0 Å². The van der Waals surface area contributed by atoms with Gasteiger partial charge in [-0.05, 0) is 28.1 Å².